The third kappa shape index (κ3) is 12.7. The number of unbranched alkanes of at least 4 members (excludes halogenated alkanes) is 4. The predicted molar refractivity (Wildman–Crippen MR) is 199 cm³/mol. The second-order valence-corrected chi connectivity index (χ2v) is 13.3. The lowest BCUT2D eigenvalue weighted by Gasteiger charge is -2.52. The van der Waals surface area contributed by atoms with Gasteiger partial charge in [0.2, 0.25) is 5.79 Å². The zero-order valence-electron chi connectivity index (χ0n) is 30.9. The Morgan fingerprint density at radius 2 is 1.37 bits per heavy atom. The molecule has 5 atom stereocenters. The van der Waals surface area contributed by atoms with E-state index in [-0.39, 0.29) is 6.10 Å². The maximum Gasteiger partial charge on any atom is 0.225 e. The van der Waals surface area contributed by atoms with Crippen LogP contribution in [0.2, 0.25) is 5.02 Å². The van der Waals surface area contributed by atoms with E-state index in [0.717, 1.165) is 74.5 Å². The molecule has 0 aromatic heterocycles. The molecule has 3 rings (SSSR count). The van der Waals surface area contributed by atoms with Crippen molar-refractivity contribution < 1.29 is 33.2 Å². The molecule has 1 fully saturated rings. The second kappa shape index (κ2) is 23.6. The van der Waals surface area contributed by atoms with Crippen molar-refractivity contribution in [3.8, 4) is 0 Å². The van der Waals surface area contributed by atoms with Crippen molar-refractivity contribution in [3.05, 3.63) is 82.4 Å². The van der Waals surface area contributed by atoms with Gasteiger partial charge in [0.05, 0.1) is 19.8 Å². The lowest BCUT2D eigenvalue weighted by atomic mass is 9.86. The van der Waals surface area contributed by atoms with Gasteiger partial charge in [-0.15, -0.1) is 6.58 Å². The summed E-state index contributed by atoms with van der Waals surface area (Å²) >= 11 is 6.87. The number of benzene rings is 2. The molecular weight excluding hydrogens is 640 g/mol. The first-order valence-corrected chi connectivity index (χ1v) is 19.1. The molecule has 0 amide bonds. The van der Waals surface area contributed by atoms with Crippen LogP contribution >= 0.6 is 11.6 Å². The van der Waals surface area contributed by atoms with Crippen LogP contribution in [-0.2, 0) is 51.8 Å². The summed E-state index contributed by atoms with van der Waals surface area (Å²) in [5.74, 6) is -1.28. The molecule has 0 radical (unpaired) electrons. The molecule has 2 aromatic carbocycles. The third-order valence-electron chi connectivity index (χ3n) is 8.97. The van der Waals surface area contributed by atoms with Crippen LogP contribution in [0.25, 0.3) is 0 Å². The lowest BCUT2D eigenvalue weighted by Crippen LogP contribution is -2.66. The van der Waals surface area contributed by atoms with Gasteiger partial charge in [0.1, 0.15) is 24.4 Å². The highest BCUT2D eigenvalue weighted by Crippen LogP contribution is 2.44. The Bertz CT molecular complexity index is 1170. The van der Waals surface area contributed by atoms with Crippen molar-refractivity contribution in [1.29, 1.82) is 0 Å². The molecule has 276 valence electrons. The topological polar surface area (TPSA) is 64.6 Å². The fraction of sp³-hybridized carbons (Fsp3) is 0.659. The fourth-order valence-corrected chi connectivity index (χ4v) is 6.23. The standard InChI is InChI=1S/C41H63ClO7/c1-7-12-24-45-31-37-38(46-25-13-8-2)39(47-26-14-9-3)40(48-27-15-10-4)41(43-6,49-37)35-20-21-36(42)34(30-35)29-33-18-16-32(17-19-33)22-28-44-23-11-5/h11,16-21,30,37-40H,5,7-10,12-15,22-29,31H2,1-4,6H3/t37-,38-,39+,40-,41+/m1/s1. The monoisotopic (exact) mass is 702 g/mol. The Kier molecular flexibility index (Phi) is 20.1. The first-order valence-electron chi connectivity index (χ1n) is 18.7. The van der Waals surface area contributed by atoms with E-state index in [1.807, 2.05) is 12.1 Å². The summed E-state index contributed by atoms with van der Waals surface area (Å²) in [7, 11) is 1.69. The molecule has 0 spiro atoms. The first-order chi connectivity index (χ1) is 24.0. The van der Waals surface area contributed by atoms with Crippen molar-refractivity contribution in [3.63, 3.8) is 0 Å². The molecule has 7 nitrogen and oxygen atoms in total. The van der Waals surface area contributed by atoms with E-state index in [0.29, 0.717) is 57.7 Å². The summed E-state index contributed by atoms with van der Waals surface area (Å²) in [6, 6.07) is 14.7. The first kappa shape index (κ1) is 41.6. The molecule has 2 aromatic rings. The minimum absolute atomic E-state index is 0.364. The molecule has 0 aliphatic carbocycles. The van der Waals surface area contributed by atoms with E-state index < -0.39 is 24.1 Å². The van der Waals surface area contributed by atoms with E-state index in [1.54, 1.807) is 13.2 Å². The van der Waals surface area contributed by atoms with Crippen LogP contribution in [0.4, 0.5) is 0 Å². The van der Waals surface area contributed by atoms with Gasteiger partial charge in [0.15, 0.2) is 0 Å². The molecule has 0 saturated carbocycles. The minimum atomic E-state index is -1.28. The van der Waals surface area contributed by atoms with Crippen LogP contribution in [0, 0.1) is 0 Å². The molecule has 0 bridgehead atoms. The average Bonchev–Trinajstić information content (AvgIpc) is 3.11. The van der Waals surface area contributed by atoms with Crippen LogP contribution in [0.5, 0.6) is 0 Å². The van der Waals surface area contributed by atoms with Crippen LogP contribution < -0.4 is 0 Å². The van der Waals surface area contributed by atoms with Gasteiger partial charge in [-0.1, -0.05) is 101 Å². The summed E-state index contributed by atoms with van der Waals surface area (Å²) in [6.07, 6.45) is 9.33. The maximum atomic E-state index is 7.09. The summed E-state index contributed by atoms with van der Waals surface area (Å²) < 4.78 is 45.5. The summed E-state index contributed by atoms with van der Waals surface area (Å²) in [6.45, 7) is 16.4. The summed E-state index contributed by atoms with van der Waals surface area (Å²) in [5, 5.41) is 0.687. The molecule has 1 aliphatic heterocycles. The number of rotatable bonds is 26. The summed E-state index contributed by atoms with van der Waals surface area (Å²) in [5.41, 5.74) is 4.20. The van der Waals surface area contributed by atoms with Crippen LogP contribution in [-0.4, -0.2) is 77.8 Å². The molecule has 49 heavy (non-hydrogen) atoms. The highest BCUT2D eigenvalue weighted by Gasteiger charge is 2.58. The predicted octanol–water partition coefficient (Wildman–Crippen LogP) is 9.25. The SMILES string of the molecule is C=CCOCCc1ccc(Cc2cc([C@]3(OC)O[C@H](COCCCC)[C@@H](OCCCC)[C@H](OCCCC)[C@H]3OCCCC)ccc2Cl)cc1. The number of halogens is 1. The molecule has 0 N–H and O–H groups in total. The number of hydrogen-bond acceptors (Lipinski definition) is 7. The highest BCUT2D eigenvalue weighted by molar-refractivity contribution is 6.31. The van der Waals surface area contributed by atoms with Crippen molar-refractivity contribution in [1.82, 2.24) is 0 Å². The van der Waals surface area contributed by atoms with E-state index in [9.17, 15) is 0 Å². The van der Waals surface area contributed by atoms with Crippen LogP contribution in [0.1, 0.15) is 101 Å². The quantitative estimate of drug-likeness (QED) is 0.0715. The number of ether oxygens (including phenoxy) is 7. The Morgan fingerprint density at radius 1 is 0.755 bits per heavy atom. The Hall–Kier alpha value is -1.81. The second-order valence-electron chi connectivity index (χ2n) is 12.9. The minimum Gasteiger partial charge on any atom is -0.379 e. The Balaban J connectivity index is 2.02. The maximum absolute atomic E-state index is 7.09. The number of hydrogen-bond donors (Lipinski definition) is 0. The normalized spacial score (nSPS) is 22.4. The molecular formula is C41H63ClO7. The van der Waals surface area contributed by atoms with E-state index in [4.69, 9.17) is 44.8 Å². The van der Waals surface area contributed by atoms with Gasteiger partial charge in [-0.3, -0.25) is 0 Å². The van der Waals surface area contributed by atoms with Gasteiger partial charge >= 0.3 is 0 Å². The van der Waals surface area contributed by atoms with Gasteiger partial charge in [0, 0.05) is 44.1 Å². The molecule has 1 heterocycles. The Morgan fingerprint density at radius 3 is 2.00 bits per heavy atom. The average molecular weight is 703 g/mol. The molecule has 8 heteroatoms. The smallest absolute Gasteiger partial charge is 0.225 e. The zero-order chi connectivity index (χ0) is 35.3. The van der Waals surface area contributed by atoms with Gasteiger partial charge in [-0.25, -0.2) is 0 Å². The molecule has 1 aliphatic rings. The third-order valence-corrected chi connectivity index (χ3v) is 9.33. The van der Waals surface area contributed by atoms with Gasteiger partial charge < -0.3 is 33.2 Å². The van der Waals surface area contributed by atoms with Crippen molar-refractivity contribution in [2.24, 2.45) is 0 Å². The highest BCUT2D eigenvalue weighted by atomic mass is 35.5. The largest absolute Gasteiger partial charge is 0.379 e. The van der Waals surface area contributed by atoms with E-state index >= 15 is 0 Å². The molecule has 0 unspecified atom stereocenters. The van der Waals surface area contributed by atoms with Crippen molar-refractivity contribution in [2.45, 2.75) is 122 Å². The van der Waals surface area contributed by atoms with Gasteiger partial charge in [0.25, 0.3) is 0 Å². The van der Waals surface area contributed by atoms with Crippen LogP contribution in [0.15, 0.2) is 55.1 Å². The summed E-state index contributed by atoms with van der Waals surface area (Å²) in [4.78, 5) is 0. The van der Waals surface area contributed by atoms with Crippen molar-refractivity contribution >= 4 is 11.6 Å². The van der Waals surface area contributed by atoms with E-state index in [2.05, 4.69) is 64.6 Å². The lowest BCUT2D eigenvalue weighted by molar-refractivity contribution is -0.382. The Labute approximate surface area is 301 Å². The number of methoxy groups -OCH3 is 1. The van der Waals surface area contributed by atoms with Gasteiger partial charge in [-0.05, 0) is 67.3 Å². The van der Waals surface area contributed by atoms with Crippen LogP contribution in [0.3, 0.4) is 0 Å². The molecule has 1 saturated heterocycles. The fourth-order valence-electron chi connectivity index (χ4n) is 6.05. The zero-order valence-corrected chi connectivity index (χ0v) is 31.6. The van der Waals surface area contributed by atoms with E-state index in [1.165, 1.54) is 5.56 Å². The van der Waals surface area contributed by atoms with Crippen molar-refractivity contribution in [2.75, 3.05) is 53.4 Å². The van der Waals surface area contributed by atoms with Gasteiger partial charge in [-0.2, -0.15) is 0 Å².